The molecule has 0 unspecified atom stereocenters. The number of amides is 2. The smallest absolute Gasteiger partial charge is 0.257 e. The number of pyridine rings is 1. The Balaban J connectivity index is 1.64. The molecule has 1 aromatic heterocycles. The van der Waals surface area contributed by atoms with E-state index in [0.29, 0.717) is 29.1 Å². The lowest BCUT2D eigenvalue weighted by molar-refractivity contribution is 0.0950. The summed E-state index contributed by atoms with van der Waals surface area (Å²) in [6.07, 6.45) is 2.87. The summed E-state index contributed by atoms with van der Waals surface area (Å²) in [4.78, 5) is 28.9. The molecule has 142 valence electrons. The molecule has 0 radical (unpaired) electrons. The number of nitrogens with one attached hydrogen (secondary N) is 2. The highest BCUT2D eigenvalue weighted by Crippen LogP contribution is 2.16. The third-order valence-corrected chi connectivity index (χ3v) is 4.18. The Bertz CT molecular complexity index is 967. The van der Waals surface area contributed by atoms with Gasteiger partial charge in [-0.2, -0.15) is 0 Å². The minimum Gasteiger partial charge on any atom is -0.497 e. The van der Waals surface area contributed by atoms with Crippen molar-refractivity contribution in [2.24, 2.45) is 0 Å². The van der Waals surface area contributed by atoms with Gasteiger partial charge < -0.3 is 15.4 Å². The van der Waals surface area contributed by atoms with Crippen LogP contribution in [0.2, 0.25) is 0 Å². The van der Waals surface area contributed by atoms with Crippen molar-refractivity contribution in [3.63, 3.8) is 0 Å². The number of ether oxygens (including phenoxy) is 1. The van der Waals surface area contributed by atoms with E-state index in [4.69, 9.17) is 4.74 Å². The Morgan fingerprint density at radius 3 is 2.21 bits per heavy atom. The van der Waals surface area contributed by atoms with Crippen LogP contribution in [-0.2, 0) is 6.54 Å². The van der Waals surface area contributed by atoms with E-state index in [1.807, 2.05) is 31.2 Å². The maximum Gasteiger partial charge on any atom is 0.257 e. The minimum atomic E-state index is -0.342. The predicted molar refractivity (Wildman–Crippen MR) is 108 cm³/mol. The van der Waals surface area contributed by atoms with Gasteiger partial charge in [-0.15, -0.1) is 0 Å². The monoisotopic (exact) mass is 375 g/mol. The quantitative estimate of drug-likeness (QED) is 0.690. The summed E-state index contributed by atoms with van der Waals surface area (Å²) in [6, 6.07) is 16.4. The second kappa shape index (κ2) is 8.81. The lowest BCUT2D eigenvalue weighted by Crippen LogP contribution is -2.23. The molecule has 0 atom stereocenters. The van der Waals surface area contributed by atoms with E-state index in [1.165, 1.54) is 18.5 Å². The van der Waals surface area contributed by atoms with Crippen LogP contribution in [0.3, 0.4) is 0 Å². The van der Waals surface area contributed by atoms with Gasteiger partial charge in [0.2, 0.25) is 0 Å². The zero-order valence-electron chi connectivity index (χ0n) is 15.7. The summed E-state index contributed by atoms with van der Waals surface area (Å²) in [5.41, 5.74) is 3.42. The van der Waals surface area contributed by atoms with Crippen molar-refractivity contribution in [1.29, 1.82) is 0 Å². The predicted octanol–water partition coefficient (Wildman–Crippen LogP) is 3.58. The van der Waals surface area contributed by atoms with Crippen LogP contribution in [0.4, 0.5) is 5.69 Å². The number of anilines is 1. The van der Waals surface area contributed by atoms with Gasteiger partial charge in [0, 0.05) is 24.6 Å². The summed E-state index contributed by atoms with van der Waals surface area (Å²) in [7, 11) is 1.58. The van der Waals surface area contributed by atoms with Gasteiger partial charge in [0.05, 0.1) is 18.2 Å². The van der Waals surface area contributed by atoms with Crippen LogP contribution in [0, 0.1) is 6.92 Å². The fraction of sp³-hybridized carbons (Fsp3) is 0.136. The average molecular weight is 375 g/mol. The second-order valence-electron chi connectivity index (χ2n) is 6.31. The van der Waals surface area contributed by atoms with Crippen molar-refractivity contribution >= 4 is 17.5 Å². The van der Waals surface area contributed by atoms with Crippen LogP contribution in [0.25, 0.3) is 0 Å². The third-order valence-electron chi connectivity index (χ3n) is 4.18. The third kappa shape index (κ3) is 4.94. The largest absolute Gasteiger partial charge is 0.497 e. The molecule has 2 amide bonds. The summed E-state index contributed by atoms with van der Waals surface area (Å²) >= 11 is 0. The molecule has 2 N–H and O–H groups in total. The number of nitrogens with zero attached hydrogens (tertiary/aromatic N) is 1. The van der Waals surface area contributed by atoms with E-state index >= 15 is 0 Å². The standard InChI is InChI=1S/C22H21N3O3/c1-15-3-5-16(6-4-15)12-24-21(26)17-11-18(14-23-13-17)22(27)25-19-7-9-20(28-2)10-8-19/h3-11,13-14H,12H2,1-2H3,(H,24,26)(H,25,27). The van der Waals surface area contributed by atoms with Crippen LogP contribution in [0.1, 0.15) is 31.8 Å². The molecular formula is C22H21N3O3. The van der Waals surface area contributed by atoms with Crippen molar-refractivity contribution in [3.05, 3.63) is 89.2 Å². The zero-order chi connectivity index (χ0) is 19.9. The Labute approximate surface area is 163 Å². The number of aromatic nitrogens is 1. The van der Waals surface area contributed by atoms with Crippen molar-refractivity contribution in [2.45, 2.75) is 13.5 Å². The first kappa shape index (κ1) is 19.1. The zero-order valence-corrected chi connectivity index (χ0v) is 15.7. The van der Waals surface area contributed by atoms with Gasteiger partial charge in [-0.1, -0.05) is 29.8 Å². The number of carbonyl (C=O) groups excluding carboxylic acids is 2. The highest BCUT2D eigenvalue weighted by Gasteiger charge is 2.12. The summed E-state index contributed by atoms with van der Waals surface area (Å²) < 4.78 is 5.09. The molecule has 0 saturated heterocycles. The number of benzene rings is 2. The molecule has 0 spiro atoms. The first-order valence-corrected chi connectivity index (χ1v) is 8.79. The van der Waals surface area contributed by atoms with Gasteiger partial charge in [-0.25, -0.2) is 0 Å². The van der Waals surface area contributed by atoms with Crippen molar-refractivity contribution in [1.82, 2.24) is 10.3 Å². The molecule has 2 aromatic carbocycles. The van der Waals surface area contributed by atoms with Crippen LogP contribution in [0.15, 0.2) is 67.0 Å². The highest BCUT2D eigenvalue weighted by molar-refractivity contribution is 6.05. The number of carbonyl (C=O) groups is 2. The van der Waals surface area contributed by atoms with Crippen molar-refractivity contribution < 1.29 is 14.3 Å². The first-order valence-electron chi connectivity index (χ1n) is 8.79. The topological polar surface area (TPSA) is 80.3 Å². The summed E-state index contributed by atoms with van der Waals surface area (Å²) in [5, 5.41) is 5.61. The molecule has 0 bridgehead atoms. The van der Waals surface area contributed by atoms with Gasteiger partial charge in [0.15, 0.2) is 0 Å². The fourth-order valence-electron chi connectivity index (χ4n) is 2.56. The normalized spacial score (nSPS) is 10.2. The van der Waals surface area contributed by atoms with Crippen LogP contribution < -0.4 is 15.4 Å². The van der Waals surface area contributed by atoms with Crippen LogP contribution in [0.5, 0.6) is 5.75 Å². The number of hydrogen-bond donors (Lipinski definition) is 2. The second-order valence-corrected chi connectivity index (χ2v) is 6.31. The number of hydrogen-bond acceptors (Lipinski definition) is 4. The molecule has 1 heterocycles. The molecule has 3 aromatic rings. The van der Waals surface area contributed by atoms with E-state index in [1.54, 1.807) is 31.4 Å². The summed E-state index contributed by atoms with van der Waals surface area (Å²) in [6.45, 7) is 2.41. The number of aryl methyl sites for hydroxylation is 1. The molecule has 28 heavy (non-hydrogen) atoms. The van der Waals surface area contributed by atoms with E-state index in [0.717, 1.165) is 11.1 Å². The molecule has 0 aliphatic heterocycles. The number of methoxy groups -OCH3 is 1. The van der Waals surface area contributed by atoms with E-state index in [-0.39, 0.29) is 11.8 Å². The van der Waals surface area contributed by atoms with Gasteiger partial charge in [0.25, 0.3) is 11.8 Å². The van der Waals surface area contributed by atoms with Crippen molar-refractivity contribution in [2.75, 3.05) is 12.4 Å². The lowest BCUT2D eigenvalue weighted by Gasteiger charge is -2.08. The molecular weight excluding hydrogens is 354 g/mol. The molecule has 6 heteroatoms. The Morgan fingerprint density at radius 1 is 0.929 bits per heavy atom. The molecule has 0 saturated carbocycles. The Morgan fingerprint density at radius 2 is 1.57 bits per heavy atom. The van der Waals surface area contributed by atoms with E-state index in [2.05, 4.69) is 15.6 Å². The van der Waals surface area contributed by atoms with E-state index in [9.17, 15) is 9.59 Å². The molecule has 0 fully saturated rings. The molecule has 3 rings (SSSR count). The minimum absolute atomic E-state index is 0.285. The van der Waals surface area contributed by atoms with Crippen LogP contribution >= 0.6 is 0 Å². The number of rotatable bonds is 6. The van der Waals surface area contributed by atoms with Crippen molar-refractivity contribution in [3.8, 4) is 5.75 Å². The Hall–Kier alpha value is -3.67. The van der Waals surface area contributed by atoms with Crippen LogP contribution in [-0.4, -0.2) is 23.9 Å². The first-order chi connectivity index (χ1) is 13.5. The Kier molecular flexibility index (Phi) is 6.01. The highest BCUT2D eigenvalue weighted by atomic mass is 16.5. The van der Waals surface area contributed by atoms with Gasteiger partial charge in [0.1, 0.15) is 5.75 Å². The average Bonchev–Trinajstić information content (AvgIpc) is 2.73. The lowest BCUT2D eigenvalue weighted by atomic mass is 10.1. The summed E-state index contributed by atoms with van der Waals surface area (Å²) in [5.74, 6) is 0.0740. The van der Waals surface area contributed by atoms with Gasteiger partial charge >= 0.3 is 0 Å². The fourth-order valence-corrected chi connectivity index (χ4v) is 2.56. The maximum atomic E-state index is 12.4. The van der Waals surface area contributed by atoms with Gasteiger partial charge in [-0.3, -0.25) is 14.6 Å². The SMILES string of the molecule is COc1ccc(NC(=O)c2cncc(C(=O)NCc3ccc(C)cc3)c2)cc1. The molecule has 0 aliphatic carbocycles. The maximum absolute atomic E-state index is 12.4. The van der Waals surface area contributed by atoms with Gasteiger partial charge in [-0.05, 0) is 42.8 Å². The molecule has 0 aliphatic rings. The van der Waals surface area contributed by atoms with E-state index < -0.39 is 0 Å². The molecule has 6 nitrogen and oxygen atoms in total.